The third-order valence-corrected chi connectivity index (χ3v) is 5.89. The van der Waals surface area contributed by atoms with E-state index in [1.807, 2.05) is 11.8 Å². The Bertz CT molecular complexity index is 284. The van der Waals surface area contributed by atoms with Crippen LogP contribution in [0.4, 0.5) is 0 Å². The lowest BCUT2D eigenvalue weighted by molar-refractivity contribution is -0.141. The van der Waals surface area contributed by atoms with Crippen LogP contribution < -0.4 is 0 Å². The molecule has 0 spiro atoms. The van der Waals surface area contributed by atoms with E-state index in [0.717, 1.165) is 12.8 Å². The van der Waals surface area contributed by atoms with Crippen molar-refractivity contribution in [2.24, 2.45) is 0 Å². The van der Waals surface area contributed by atoms with Gasteiger partial charge in [0, 0.05) is 17.3 Å². The number of hydrogen-bond donors (Lipinski definition) is 1. The van der Waals surface area contributed by atoms with Gasteiger partial charge in [0.1, 0.15) is 0 Å². The Morgan fingerprint density at radius 3 is 2.61 bits per heavy atom. The molecule has 1 N–H and O–H groups in total. The molecule has 2 fully saturated rings. The van der Waals surface area contributed by atoms with Gasteiger partial charge >= 0.3 is 5.97 Å². The van der Waals surface area contributed by atoms with E-state index in [2.05, 4.69) is 11.9 Å². The summed E-state index contributed by atoms with van der Waals surface area (Å²) >= 11 is 2.02. The number of thioether (sulfide) groups is 1. The minimum atomic E-state index is -0.632. The maximum Gasteiger partial charge on any atom is 0.305 e. The van der Waals surface area contributed by atoms with Crippen LogP contribution in [0.1, 0.15) is 51.4 Å². The smallest absolute Gasteiger partial charge is 0.305 e. The summed E-state index contributed by atoms with van der Waals surface area (Å²) in [5.41, 5.74) is -0.0628. The third kappa shape index (κ3) is 3.21. The molecular weight excluding hydrogens is 246 g/mol. The Balaban J connectivity index is 2.08. The second-order valence-electron chi connectivity index (χ2n) is 5.84. The number of hydrogen-bond acceptors (Lipinski definition) is 3. The Hall–Kier alpha value is -0.220. The molecule has 1 unspecified atom stereocenters. The number of nitrogens with zero attached hydrogens (tertiary/aromatic N) is 1. The molecule has 2 rings (SSSR count). The molecule has 1 heterocycles. The molecule has 0 radical (unpaired) electrons. The van der Waals surface area contributed by atoms with Gasteiger partial charge in [-0.25, -0.2) is 0 Å². The molecule has 1 aliphatic carbocycles. The van der Waals surface area contributed by atoms with Gasteiger partial charge in [0.15, 0.2) is 0 Å². The van der Waals surface area contributed by atoms with Crippen LogP contribution in [0.15, 0.2) is 0 Å². The predicted octanol–water partition coefficient (Wildman–Crippen LogP) is 2.99. The average molecular weight is 271 g/mol. The van der Waals surface area contributed by atoms with E-state index in [9.17, 15) is 9.90 Å². The first-order valence-corrected chi connectivity index (χ1v) is 8.32. The fraction of sp³-hybridized carbons (Fsp3) is 0.929. The van der Waals surface area contributed by atoms with E-state index < -0.39 is 5.97 Å². The monoisotopic (exact) mass is 271 g/mol. The average Bonchev–Trinajstić information content (AvgIpc) is 2.39. The molecule has 0 amide bonds. The first kappa shape index (κ1) is 14.2. The topological polar surface area (TPSA) is 40.5 Å². The Labute approximate surface area is 114 Å². The van der Waals surface area contributed by atoms with Crippen LogP contribution in [0.3, 0.4) is 0 Å². The van der Waals surface area contributed by atoms with Crippen molar-refractivity contribution >= 4 is 17.7 Å². The minimum absolute atomic E-state index is 0.0628. The number of carboxylic acid groups (broad SMARTS) is 1. The highest BCUT2D eigenvalue weighted by molar-refractivity contribution is 7.99. The van der Waals surface area contributed by atoms with Crippen molar-refractivity contribution in [3.8, 4) is 0 Å². The molecule has 104 valence electrons. The molecule has 1 saturated heterocycles. The van der Waals surface area contributed by atoms with Gasteiger partial charge in [0.25, 0.3) is 0 Å². The van der Waals surface area contributed by atoms with E-state index in [0.29, 0.717) is 12.5 Å². The van der Waals surface area contributed by atoms with Crippen LogP contribution in [0.2, 0.25) is 0 Å². The van der Waals surface area contributed by atoms with Crippen molar-refractivity contribution in [2.45, 2.75) is 62.9 Å². The van der Waals surface area contributed by atoms with Crippen molar-refractivity contribution in [3.63, 3.8) is 0 Å². The molecule has 0 aromatic carbocycles. The van der Waals surface area contributed by atoms with Gasteiger partial charge in [0.05, 0.1) is 6.42 Å². The van der Waals surface area contributed by atoms with Gasteiger partial charge in [-0.2, -0.15) is 11.8 Å². The molecule has 1 aliphatic heterocycles. The van der Waals surface area contributed by atoms with Crippen molar-refractivity contribution in [2.75, 3.05) is 18.6 Å². The molecule has 3 nitrogen and oxygen atoms in total. The minimum Gasteiger partial charge on any atom is -0.481 e. The van der Waals surface area contributed by atoms with Gasteiger partial charge in [-0.15, -0.1) is 0 Å². The molecule has 0 bridgehead atoms. The van der Waals surface area contributed by atoms with E-state index in [-0.39, 0.29) is 5.54 Å². The van der Waals surface area contributed by atoms with Crippen LogP contribution in [-0.4, -0.2) is 46.1 Å². The lowest BCUT2D eigenvalue weighted by Crippen LogP contribution is -2.55. The van der Waals surface area contributed by atoms with E-state index in [1.54, 1.807) is 0 Å². The summed E-state index contributed by atoms with van der Waals surface area (Å²) < 4.78 is 0. The van der Waals surface area contributed by atoms with Crippen LogP contribution in [0, 0.1) is 0 Å². The van der Waals surface area contributed by atoms with Gasteiger partial charge < -0.3 is 5.11 Å². The van der Waals surface area contributed by atoms with Crippen LogP contribution in [0.5, 0.6) is 0 Å². The van der Waals surface area contributed by atoms with Gasteiger partial charge in [-0.05, 0) is 38.5 Å². The number of aliphatic carboxylic acids is 1. The van der Waals surface area contributed by atoms with Crippen molar-refractivity contribution in [1.82, 2.24) is 4.90 Å². The molecular formula is C14H25NO2S. The summed E-state index contributed by atoms with van der Waals surface area (Å²) in [6.45, 7) is 0. The van der Waals surface area contributed by atoms with Crippen LogP contribution >= 0.6 is 11.8 Å². The highest BCUT2D eigenvalue weighted by Crippen LogP contribution is 2.38. The summed E-state index contributed by atoms with van der Waals surface area (Å²) in [4.78, 5) is 13.7. The first-order chi connectivity index (χ1) is 8.64. The fourth-order valence-corrected chi connectivity index (χ4v) is 4.76. The van der Waals surface area contributed by atoms with Crippen LogP contribution in [-0.2, 0) is 4.79 Å². The van der Waals surface area contributed by atoms with Gasteiger partial charge in [0.2, 0.25) is 0 Å². The SMILES string of the molecule is CN(C1CCCSC1)C1(CC(=O)O)CCCCC1. The summed E-state index contributed by atoms with van der Waals surface area (Å²) in [6, 6.07) is 0.584. The lowest BCUT2D eigenvalue weighted by Gasteiger charge is -2.48. The predicted molar refractivity (Wildman–Crippen MR) is 76.2 cm³/mol. The summed E-state index contributed by atoms with van der Waals surface area (Å²) in [7, 11) is 2.17. The highest BCUT2D eigenvalue weighted by atomic mass is 32.2. The summed E-state index contributed by atoms with van der Waals surface area (Å²) in [5.74, 6) is 1.82. The standard InChI is InChI=1S/C14H25NO2S/c1-15(12-6-5-9-18-11-12)14(10-13(16)17)7-3-2-4-8-14/h12H,2-11H2,1H3,(H,16,17). The zero-order chi connectivity index (χ0) is 13.0. The van der Waals surface area contributed by atoms with Crippen molar-refractivity contribution in [3.05, 3.63) is 0 Å². The fourth-order valence-electron chi connectivity index (χ4n) is 3.56. The first-order valence-electron chi connectivity index (χ1n) is 7.16. The summed E-state index contributed by atoms with van der Waals surface area (Å²) in [6.07, 6.45) is 8.63. The second kappa shape index (κ2) is 6.29. The van der Waals surface area contributed by atoms with Gasteiger partial charge in [-0.3, -0.25) is 9.69 Å². The third-order valence-electron chi connectivity index (χ3n) is 4.70. The Kier molecular flexibility index (Phi) is 4.96. The molecule has 18 heavy (non-hydrogen) atoms. The maximum absolute atomic E-state index is 11.2. The number of rotatable bonds is 4. The molecule has 2 aliphatic rings. The zero-order valence-electron chi connectivity index (χ0n) is 11.4. The van der Waals surface area contributed by atoms with Crippen molar-refractivity contribution in [1.29, 1.82) is 0 Å². The number of carbonyl (C=O) groups is 1. The van der Waals surface area contributed by atoms with E-state index in [1.165, 1.54) is 43.6 Å². The molecule has 0 aromatic heterocycles. The largest absolute Gasteiger partial charge is 0.481 e. The van der Waals surface area contributed by atoms with Crippen LogP contribution in [0.25, 0.3) is 0 Å². The lowest BCUT2D eigenvalue weighted by atomic mass is 9.77. The Morgan fingerprint density at radius 1 is 1.33 bits per heavy atom. The quantitative estimate of drug-likeness (QED) is 0.853. The van der Waals surface area contributed by atoms with E-state index in [4.69, 9.17) is 0 Å². The van der Waals surface area contributed by atoms with E-state index >= 15 is 0 Å². The second-order valence-corrected chi connectivity index (χ2v) is 6.99. The molecule has 4 heteroatoms. The number of carboxylic acids is 1. The Morgan fingerprint density at radius 2 is 2.06 bits per heavy atom. The maximum atomic E-state index is 11.2. The highest BCUT2D eigenvalue weighted by Gasteiger charge is 2.41. The van der Waals surface area contributed by atoms with Gasteiger partial charge in [-0.1, -0.05) is 19.3 Å². The molecule has 1 saturated carbocycles. The summed E-state index contributed by atoms with van der Waals surface area (Å²) in [5, 5.41) is 9.25. The molecule has 0 aromatic rings. The van der Waals surface area contributed by atoms with Crippen molar-refractivity contribution < 1.29 is 9.90 Å². The normalized spacial score (nSPS) is 28.2. The zero-order valence-corrected chi connectivity index (χ0v) is 12.2. The molecule has 1 atom stereocenters.